The Balaban J connectivity index is 2.05. The van der Waals surface area contributed by atoms with Crippen LogP contribution in [0.5, 0.6) is 0 Å². The van der Waals surface area contributed by atoms with Crippen LogP contribution in [0.25, 0.3) is 0 Å². The molecule has 4 heteroatoms. The first-order chi connectivity index (χ1) is 7.95. The van der Waals surface area contributed by atoms with Gasteiger partial charge in [-0.05, 0) is 25.0 Å². The van der Waals surface area contributed by atoms with Gasteiger partial charge in [-0.2, -0.15) is 0 Å². The number of nitrogens with one attached hydrogen (secondary N) is 1. The lowest BCUT2D eigenvalue weighted by Crippen LogP contribution is -2.57. The second-order valence-electron chi connectivity index (χ2n) is 5.40. The van der Waals surface area contributed by atoms with Crippen molar-refractivity contribution in [2.75, 3.05) is 18.2 Å². The molecule has 1 aliphatic rings. The van der Waals surface area contributed by atoms with Gasteiger partial charge in [-0.15, -0.1) is 0 Å². The van der Waals surface area contributed by atoms with Crippen LogP contribution in [0.2, 0.25) is 0 Å². The third kappa shape index (κ3) is 2.09. The zero-order valence-corrected chi connectivity index (χ0v) is 10.9. The van der Waals surface area contributed by atoms with E-state index in [9.17, 15) is 0 Å². The summed E-state index contributed by atoms with van der Waals surface area (Å²) in [5, 5.41) is 3.45. The SMILES string of the molecule is COC1CC(Nc2cc(C)c(N)cn2)C1(C)C. The minimum absolute atomic E-state index is 0.145. The second-order valence-corrected chi connectivity index (χ2v) is 5.40. The molecular weight excluding hydrogens is 214 g/mol. The first kappa shape index (κ1) is 12.2. The van der Waals surface area contributed by atoms with Gasteiger partial charge >= 0.3 is 0 Å². The number of anilines is 2. The van der Waals surface area contributed by atoms with E-state index in [0.29, 0.717) is 12.1 Å². The maximum Gasteiger partial charge on any atom is 0.126 e. The lowest BCUT2D eigenvalue weighted by atomic mass is 9.64. The lowest BCUT2D eigenvalue weighted by Gasteiger charge is -2.51. The van der Waals surface area contributed by atoms with E-state index >= 15 is 0 Å². The van der Waals surface area contributed by atoms with E-state index in [1.54, 1.807) is 13.3 Å². The Bertz CT molecular complexity index is 417. The summed E-state index contributed by atoms with van der Waals surface area (Å²) in [5.74, 6) is 0.893. The number of ether oxygens (including phenoxy) is 1. The van der Waals surface area contributed by atoms with Crippen molar-refractivity contribution in [3.8, 4) is 0 Å². The first-order valence-electron chi connectivity index (χ1n) is 5.96. The van der Waals surface area contributed by atoms with Gasteiger partial charge in [0.05, 0.1) is 18.0 Å². The van der Waals surface area contributed by atoms with Crippen LogP contribution in [0, 0.1) is 12.3 Å². The van der Waals surface area contributed by atoms with E-state index in [1.165, 1.54) is 0 Å². The van der Waals surface area contributed by atoms with E-state index in [0.717, 1.165) is 23.5 Å². The number of methoxy groups -OCH3 is 1. The van der Waals surface area contributed by atoms with Crippen molar-refractivity contribution in [2.45, 2.75) is 39.3 Å². The maximum absolute atomic E-state index is 5.75. The van der Waals surface area contributed by atoms with Crippen molar-refractivity contribution < 1.29 is 4.74 Å². The molecule has 0 radical (unpaired) electrons. The Hall–Kier alpha value is -1.29. The molecule has 0 amide bonds. The number of hydrogen-bond acceptors (Lipinski definition) is 4. The summed E-state index contributed by atoms with van der Waals surface area (Å²) >= 11 is 0. The van der Waals surface area contributed by atoms with Crippen LogP contribution in [0.4, 0.5) is 11.5 Å². The molecule has 2 unspecified atom stereocenters. The van der Waals surface area contributed by atoms with Gasteiger partial charge in [0.15, 0.2) is 0 Å². The zero-order valence-electron chi connectivity index (χ0n) is 10.9. The van der Waals surface area contributed by atoms with Gasteiger partial charge in [0, 0.05) is 18.6 Å². The second kappa shape index (κ2) is 4.18. The molecule has 1 saturated carbocycles. The van der Waals surface area contributed by atoms with Gasteiger partial charge in [0.1, 0.15) is 5.82 Å². The fourth-order valence-electron chi connectivity index (χ4n) is 2.35. The van der Waals surface area contributed by atoms with Crippen LogP contribution in [-0.2, 0) is 4.74 Å². The summed E-state index contributed by atoms with van der Waals surface area (Å²) in [7, 11) is 1.77. The quantitative estimate of drug-likeness (QED) is 0.843. The summed E-state index contributed by atoms with van der Waals surface area (Å²) in [6, 6.07) is 2.40. The van der Waals surface area contributed by atoms with Crippen LogP contribution in [0.1, 0.15) is 25.8 Å². The molecule has 3 N–H and O–H groups in total. The highest BCUT2D eigenvalue weighted by Gasteiger charge is 2.48. The third-order valence-electron chi connectivity index (χ3n) is 3.94. The topological polar surface area (TPSA) is 60.2 Å². The Morgan fingerprint density at radius 2 is 2.24 bits per heavy atom. The molecule has 0 aromatic carbocycles. The van der Waals surface area contributed by atoms with Crippen molar-refractivity contribution in [2.24, 2.45) is 5.41 Å². The van der Waals surface area contributed by atoms with Crippen LogP contribution >= 0.6 is 0 Å². The molecule has 0 aliphatic heterocycles. The largest absolute Gasteiger partial charge is 0.397 e. The average molecular weight is 235 g/mol. The summed E-state index contributed by atoms with van der Waals surface area (Å²) in [5.41, 5.74) is 7.69. The third-order valence-corrected chi connectivity index (χ3v) is 3.94. The number of nitrogen functional groups attached to an aromatic ring is 1. The molecule has 2 atom stereocenters. The molecule has 1 aromatic rings. The fraction of sp³-hybridized carbons (Fsp3) is 0.615. The summed E-state index contributed by atoms with van der Waals surface area (Å²) in [6.07, 6.45) is 3.06. The van der Waals surface area contributed by atoms with Crippen molar-refractivity contribution in [1.29, 1.82) is 0 Å². The monoisotopic (exact) mass is 235 g/mol. The molecular formula is C13H21N3O. The summed E-state index contributed by atoms with van der Waals surface area (Å²) in [4.78, 5) is 4.30. The van der Waals surface area contributed by atoms with Crippen molar-refractivity contribution >= 4 is 11.5 Å². The predicted octanol–water partition coefficient (Wildman–Crippen LogP) is 2.20. The van der Waals surface area contributed by atoms with Crippen LogP contribution in [0.3, 0.4) is 0 Å². The number of nitrogens with two attached hydrogens (primary N) is 1. The van der Waals surface area contributed by atoms with E-state index in [1.807, 2.05) is 13.0 Å². The van der Waals surface area contributed by atoms with Gasteiger partial charge in [-0.3, -0.25) is 0 Å². The predicted molar refractivity (Wildman–Crippen MR) is 70.0 cm³/mol. The van der Waals surface area contributed by atoms with Gasteiger partial charge in [-0.1, -0.05) is 13.8 Å². The fourth-order valence-corrected chi connectivity index (χ4v) is 2.35. The lowest BCUT2D eigenvalue weighted by molar-refractivity contribution is -0.0795. The standard InChI is InChI=1S/C13H21N3O/c1-8-5-12(15-7-9(8)14)16-10-6-11(17-4)13(10,2)3/h5,7,10-11H,6,14H2,1-4H3,(H,15,16). The molecule has 0 spiro atoms. The molecule has 0 bridgehead atoms. The number of nitrogens with zero attached hydrogens (tertiary/aromatic N) is 1. The molecule has 17 heavy (non-hydrogen) atoms. The number of rotatable bonds is 3. The molecule has 1 heterocycles. The number of aromatic nitrogens is 1. The van der Waals surface area contributed by atoms with Crippen molar-refractivity contribution in [3.05, 3.63) is 17.8 Å². The minimum atomic E-state index is 0.145. The smallest absolute Gasteiger partial charge is 0.126 e. The highest BCUT2D eigenvalue weighted by Crippen LogP contribution is 2.43. The molecule has 2 rings (SSSR count). The van der Waals surface area contributed by atoms with Crippen LogP contribution in [-0.4, -0.2) is 24.2 Å². The van der Waals surface area contributed by atoms with E-state index in [4.69, 9.17) is 10.5 Å². The zero-order chi connectivity index (χ0) is 12.6. The van der Waals surface area contributed by atoms with Gasteiger partial charge in [0.2, 0.25) is 0 Å². The Labute approximate surface area is 103 Å². The molecule has 1 aromatic heterocycles. The maximum atomic E-state index is 5.75. The van der Waals surface area contributed by atoms with Gasteiger partial charge in [0.25, 0.3) is 0 Å². The first-order valence-corrected chi connectivity index (χ1v) is 5.96. The molecule has 0 saturated heterocycles. The van der Waals surface area contributed by atoms with Crippen molar-refractivity contribution in [3.63, 3.8) is 0 Å². The van der Waals surface area contributed by atoms with Crippen LogP contribution in [0.15, 0.2) is 12.3 Å². The Morgan fingerprint density at radius 3 is 2.76 bits per heavy atom. The summed E-state index contributed by atoms with van der Waals surface area (Å²) in [6.45, 7) is 6.42. The average Bonchev–Trinajstić information content (AvgIpc) is 2.28. The van der Waals surface area contributed by atoms with Gasteiger partial charge < -0.3 is 15.8 Å². The van der Waals surface area contributed by atoms with Crippen molar-refractivity contribution in [1.82, 2.24) is 4.98 Å². The highest BCUT2D eigenvalue weighted by atomic mass is 16.5. The van der Waals surface area contributed by atoms with E-state index in [-0.39, 0.29) is 5.41 Å². The number of pyridine rings is 1. The molecule has 1 fully saturated rings. The van der Waals surface area contributed by atoms with Gasteiger partial charge in [-0.25, -0.2) is 4.98 Å². The summed E-state index contributed by atoms with van der Waals surface area (Å²) < 4.78 is 5.43. The van der Waals surface area contributed by atoms with Crippen LogP contribution < -0.4 is 11.1 Å². The minimum Gasteiger partial charge on any atom is -0.397 e. The number of aryl methyl sites for hydroxylation is 1. The highest BCUT2D eigenvalue weighted by molar-refractivity contribution is 5.51. The Kier molecular flexibility index (Phi) is 3.00. The van der Waals surface area contributed by atoms with E-state index in [2.05, 4.69) is 24.1 Å². The normalized spacial score (nSPS) is 26.4. The molecule has 94 valence electrons. The molecule has 4 nitrogen and oxygen atoms in total. The number of hydrogen-bond donors (Lipinski definition) is 2. The van der Waals surface area contributed by atoms with E-state index < -0.39 is 0 Å². The molecule has 1 aliphatic carbocycles. The Morgan fingerprint density at radius 1 is 1.53 bits per heavy atom.